The molecule has 5 aromatic heterocycles. The third kappa shape index (κ3) is 3.32. The normalized spacial score (nSPS) is 15.0. The highest BCUT2D eigenvalue weighted by Gasteiger charge is 2.23. The Hall–Kier alpha value is -4.14. The number of anilines is 1. The molecule has 1 saturated heterocycles. The number of carbonyl (C=O) groups excluding carboxylic acids is 1. The summed E-state index contributed by atoms with van der Waals surface area (Å²) in [4.78, 5) is 25.4. The molecule has 33 heavy (non-hydrogen) atoms. The maximum absolute atomic E-state index is 11.6. The number of pyridine rings is 2. The number of H-pyrrole nitrogens is 1. The Kier molecular flexibility index (Phi) is 4.42. The van der Waals surface area contributed by atoms with Gasteiger partial charge in [0.25, 0.3) is 0 Å². The highest BCUT2D eigenvalue weighted by Crippen LogP contribution is 2.37. The van der Waals surface area contributed by atoms with Gasteiger partial charge in [-0.1, -0.05) is 0 Å². The zero-order valence-corrected chi connectivity index (χ0v) is 18.2. The minimum absolute atomic E-state index is 0.131. The average Bonchev–Trinajstić information content (AvgIpc) is 3.58. The number of nitrogen functional groups attached to an aromatic ring is 1. The van der Waals surface area contributed by atoms with E-state index in [2.05, 4.69) is 20.1 Å². The minimum Gasteiger partial charge on any atom is -0.452 e. The molecule has 1 fully saturated rings. The molecule has 0 atom stereocenters. The molecule has 5 aromatic rings. The number of rotatable bonds is 3. The number of nitrogens with zero attached hydrogens (tertiary/aromatic N) is 5. The summed E-state index contributed by atoms with van der Waals surface area (Å²) < 4.78 is 8.13. The number of nitrogens with one attached hydrogen (secondary N) is 1. The second-order valence-corrected chi connectivity index (χ2v) is 8.50. The molecule has 0 unspecified atom stereocenters. The predicted molar refractivity (Wildman–Crippen MR) is 125 cm³/mol. The van der Waals surface area contributed by atoms with Crippen LogP contribution < -0.4 is 5.73 Å². The van der Waals surface area contributed by atoms with Crippen LogP contribution in [-0.2, 0) is 4.79 Å². The van der Waals surface area contributed by atoms with Gasteiger partial charge in [0.15, 0.2) is 11.4 Å². The second kappa shape index (κ2) is 7.47. The summed E-state index contributed by atoms with van der Waals surface area (Å²) in [7, 11) is 0. The highest BCUT2D eigenvalue weighted by atomic mass is 16.3. The topological polar surface area (TPSA) is 119 Å². The number of furan rings is 1. The van der Waals surface area contributed by atoms with E-state index in [-0.39, 0.29) is 11.9 Å². The molecule has 0 aromatic carbocycles. The molecule has 0 bridgehead atoms. The van der Waals surface area contributed by atoms with Gasteiger partial charge in [0, 0.05) is 72.3 Å². The van der Waals surface area contributed by atoms with Gasteiger partial charge in [-0.2, -0.15) is 5.10 Å². The maximum atomic E-state index is 11.6. The number of carbonyl (C=O) groups is 1. The van der Waals surface area contributed by atoms with Crippen LogP contribution in [0.3, 0.4) is 0 Å². The molecule has 0 saturated carbocycles. The van der Waals surface area contributed by atoms with Gasteiger partial charge < -0.3 is 20.0 Å². The van der Waals surface area contributed by atoms with E-state index in [4.69, 9.17) is 10.2 Å². The first-order valence-corrected chi connectivity index (χ1v) is 11.0. The fourth-order valence-corrected chi connectivity index (χ4v) is 4.61. The summed E-state index contributed by atoms with van der Waals surface area (Å²) in [5.41, 5.74) is 10.3. The van der Waals surface area contributed by atoms with Gasteiger partial charge >= 0.3 is 0 Å². The third-order valence-corrected chi connectivity index (χ3v) is 6.47. The Bertz CT molecular complexity index is 1490. The van der Waals surface area contributed by atoms with E-state index in [9.17, 15) is 4.79 Å². The molecule has 1 amide bonds. The summed E-state index contributed by atoms with van der Waals surface area (Å²) in [6, 6.07) is 6.27. The Morgan fingerprint density at radius 3 is 2.82 bits per heavy atom. The van der Waals surface area contributed by atoms with Crippen LogP contribution in [0.2, 0.25) is 0 Å². The van der Waals surface area contributed by atoms with E-state index >= 15 is 0 Å². The van der Waals surface area contributed by atoms with Gasteiger partial charge in [0.05, 0.1) is 12.2 Å². The van der Waals surface area contributed by atoms with Crippen molar-refractivity contribution in [1.29, 1.82) is 0 Å². The number of hydrogen-bond donors (Lipinski definition) is 2. The van der Waals surface area contributed by atoms with Crippen molar-refractivity contribution < 1.29 is 9.21 Å². The zero-order chi connectivity index (χ0) is 22.5. The first kappa shape index (κ1) is 19.5. The standard InChI is InChI=1S/C24H23N7O2/c1-14(32)30-6-3-18(4-7-30)31-13-17(11-29-31)20-12-27-23(25)22-19(20)9-21(33-22)16-8-15-2-5-26-24(15)28-10-16/h2,5,8-13,18H,3-4,6-7H2,1H3,(H2,25,27)(H,26,28). The average molecular weight is 441 g/mol. The molecule has 6 heterocycles. The van der Waals surface area contributed by atoms with Gasteiger partial charge in [-0.3, -0.25) is 9.48 Å². The monoisotopic (exact) mass is 441 g/mol. The number of aromatic nitrogens is 5. The zero-order valence-electron chi connectivity index (χ0n) is 18.2. The lowest BCUT2D eigenvalue weighted by Crippen LogP contribution is -2.37. The summed E-state index contributed by atoms with van der Waals surface area (Å²) in [6.45, 7) is 3.14. The SMILES string of the molecule is CC(=O)N1CCC(n2cc(-c3cnc(N)c4oc(-c5cnc6[nH]ccc6c5)cc34)cn2)CC1. The molecule has 3 N–H and O–H groups in total. The molecule has 1 aliphatic heterocycles. The predicted octanol–water partition coefficient (Wildman–Crippen LogP) is 4.00. The lowest BCUT2D eigenvalue weighted by Gasteiger charge is -2.31. The third-order valence-electron chi connectivity index (χ3n) is 6.47. The maximum Gasteiger partial charge on any atom is 0.219 e. The fraction of sp³-hybridized carbons (Fsp3) is 0.250. The smallest absolute Gasteiger partial charge is 0.219 e. The Labute approximate surface area is 189 Å². The van der Waals surface area contributed by atoms with Crippen LogP contribution in [0.25, 0.3) is 44.5 Å². The summed E-state index contributed by atoms with van der Waals surface area (Å²) in [5.74, 6) is 1.16. The molecule has 9 nitrogen and oxygen atoms in total. The molecule has 0 radical (unpaired) electrons. The molecule has 0 spiro atoms. The van der Waals surface area contributed by atoms with E-state index in [1.54, 1.807) is 19.3 Å². The number of amides is 1. The molecule has 0 aliphatic carbocycles. The summed E-state index contributed by atoms with van der Waals surface area (Å²) >= 11 is 0. The van der Waals surface area contributed by atoms with Crippen LogP contribution in [-0.4, -0.2) is 48.6 Å². The Morgan fingerprint density at radius 2 is 2.00 bits per heavy atom. The molecular formula is C24H23N7O2. The van der Waals surface area contributed by atoms with Crippen molar-refractivity contribution in [3.63, 3.8) is 0 Å². The first-order chi connectivity index (χ1) is 16.1. The van der Waals surface area contributed by atoms with E-state index in [1.165, 1.54) is 0 Å². The van der Waals surface area contributed by atoms with E-state index in [0.717, 1.165) is 59.0 Å². The van der Waals surface area contributed by atoms with Crippen molar-refractivity contribution in [2.24, 2.45) is 0 Å². The Morgan fingerprint density at radius 1 is 1.15 bits per heavy atom. The van der Waals surface area contributed by atoms with Gasteiger partial charge in [0.1, 0.15) is 11.4 Å². The Balaban J connectivity index is 1.35. The van der Waals surface area contributed by atoms with Crippen LogP contribution in [0.5, 0.6) is 0 Å². The van der Waals surface area contributed by atoms with Crippen molar-refractivity contribution in [3.8, 4) is 22.5 Å². The largest absolute Gasteiger partial charge is 0.452 e. The molecule has 6 rings (SSSR count). The number of aromatic amines is 1. The quantitative estimate of drug-likeness (QED) is 0.437. The number of nitrogens with two attached hydrogens (primary N) is 1. The van der Waals surface area contributed by atoms with E-state index in [0.29, 0.717) is 17.2 Å². The molecule has 1 aliphatic rings. The van der Waals surface area contributed by atoms with Crippen LogP contribution in [0.1, 0.15) is 25.8 Å². The van der Waals surface area contributed by atoms with Crippen molar-refractivity contribution in [3.05, 3.63) is 49.2 Å². The molecule has 9 heteroatoms. The number of hydrogen-bond acceptors (Lipinski definition) is 6. The van der Waals surface area contributed by atoms with E-state index in [1.807, 2.05) is 46.4 Å². The molecule has 166 valence electrons. The summed E-state index contributed by atoms with van der Waals surface area (Å²) in [6.07, 6.45) is 11.1. The van der Waals surface area contributed by atoms with Crippen LogP contribution >= 0.6 is 0 Å². The first-order valence-electron chi connectivity index (χ1n) is 11.0. The van der Waals surface area contributed by atoms with E-state index < -0.39 is 0 Å². The van der Waals surface area contributed by atoms with Crippen LogP contribution in [0.15, 0.2) is 53.6 Å². The van der Waals surface area contributed by atoms with Crippen molar-refractivity contribution in [2.45, 2.75) is 25.8 Å². The number of piperidine rings is 1. The van der Waals surface area contributed by atoms with Gasteiger partial charge in [-0.25, -0.2) is 9.97 Å². The van der Waals surface area contributed by atoms with Crippen molar-refractivity contribution in [2.75, 3.05) is 18.8 Å². The minimum atomic E-state index is 0.131. The van der Waals surface area contributed by atoms with Crippen molar-refractivity contribution in [1.82, 2.24) is 29.6 Å². The highest BCUT2D eigenvalue weighted by molar-refractivity contribution is 6.00. The molecular weight excluding hydrogens is 418 g/mol. The second-order valence-electron chi connectivity index (χ2n) is 8.50. The fourth-order valence-electron chi connectivity index (χ4n) is 4.61. The van der Waals surface area contributed by atoms with Crippen LogP contribution in [0, 0.1) is 0 Å². The van der Waals surface area contributed by atoms with Crippen LogP contribution in [0.4, 0.5) is 5.82 Å². The van der Waals surface area contributed by atoms with Gasteiger partial charge in [0.2, 0.25) is 5.91 Å². The lowest BCUT2D eigenvalue weighted by atomic mass is 10.0. The summed E-state index contributed by atoms with van der Waals surface area (Å²) in [5, 5.41) is 6.52. The van der Waals surface area contributed by atoms with Gasteiger partial charge in [-0.15, -0.1) is 0 Å². The van der Waals surface area contributed by atoms with Gasteiger partial charge in [-0.05, 0) is 31.0 Å². The van der Waals surface area contributed by atoms with Crippen molar-refractivity contribution >= 4 is 33.7 Å². The lowest BCUT2D eigenvalue weighted by molar-refractivity contribution is -0.130. The number of likely N-dealkylation sites (tertiary alicyclic amines) is 1. The number of fused-ring (bicyclic) bond motifs is 2.